The summed E-state index contributed by atoms with van der Waals surface area (Å²) in [5, 5.41) is 1.08. The molecule has 2 atom stereocenters. The summed E-state index contributed by atoms with van der Waals surface area (Å²) in [4.78, 5) is 11.3. The molecule has 4 heteroatoms. The Morgan fingerprint density at radius 1 is 1.47 bits per heavy atom. The average molecular weight is 245 g/mol. The highest BCUT2D eigenvalue weighted by Gasteiger charge is 2.45. The second-order valence-electron chi connectivity index (χ2n) is 3.61. The zero-order valence-corrected chi connectivity index (χ0v) is 9.68. The lowest BCUT2D eigenvalue weighted by atomic mass is 10.1. The molecule has 1 saturated carbocycles. The fraction of sp³-hybridized carbons (Fsp3) is 0.364. The van der Waals surface area contributed by atoms with Crippen LogP contribution in [0.4, 0.5) is 0 Å². The van der Waals surface area contributed by atoms with Crippen molar-refractivity contribution >= 4 is 29.2 Å². The summed E-state index contributed by atoms with van der Waals surface area (Å²) in [7, 11) is 1.40. The van der Waals surface area contributed by atoms with Gasteiger partial charge in [0.15, 0.2) is 0 Å². The maximum absolute atomic E-state index is 11.3. The van der Waals surface area contributed by atoms with E-state index < -0.39 is 0 Å². The van der Waals surface area contributed by atoms with Gasteiger partial charge in [-0.15, -0.1) is 0 Å². The quantitative estimate of drug-likeness (QED) is 0.747. The van der Waals surface area contributed by atoms with Gasteiger partial charge in [-0.25, -0.2) is 0 Å². The Kier molecular flexibility index (Phi) is 2.89. The van der Waals surface area contributed by atoms with Crippen LogP contribution in [0, 0.1) is 5.92 Å². The minimum Gasteiger partial charge on any atom is -0.469 e. The van der Waals surface area contributed by atoms with Crippen LogP contribution in [0.15, 0.2) is 18.2 Å². The number of ether oxygens (including phenoxy) is 1. The lowest BCUT2D eigenvalue weighted by Gasteiger charge is -2.04. The van der Waals surface area contributed by atoms with Crippen LogP contribution in [-0.4, -0.2) is 13.1 Å². The number of hydrogen-bond acceptors (Lipinski definition) is 2. The van der Waals surface area contributed by atoms with Crippen molar-refractivity contribution in [1.29, 1.82) is 0 Å². The summed E-state index contributed by atoms with van der Waals surface area (Å²) in [5.41, 5.74) is 0.944. The first-order valence-electron chi connectivity index (χ1n) is 4.67. The van der Waals surface area contributed by atoms with E-state index in [9.17, 15) is 4.79 Å². The van der Waals surface area contributed by atoms with Gasteiger partial charge in [0.05, 0.1) is 23.1 Å². The molecule has 1 aromatic rings. The first kappa shape index (κ1) is 10.8. The topological polar surface area (TPSA) is 26.3 Å². The van der Waals surface area contributed by atoms with Crippen LogP contribution in [0.2, 0.25) is 10.0 Å². The van der Waals surface area contributed by atoms with Gasteiger partial charge in [-0.05, 0) is 24.0 Å². The zero-order valence-electron chi connectivity index (χ0n) is 8.17. The Morgan fingerprint density at radius 2 is 2.20 bits per heavy atom. The molecule has 0 aromatic heterocycles. The Bertz CT molecular complexity index is 404. The van der Waals surface area contributed by atoms with Crippen LogP contribution in [0.25, 0.3) is 0 Å². The van der Waals surface area contributed by atoms with E-state index in [1.165, 1.54) is 7.11 Å². The normalized spacial score (nSPS) is 23.7. The summed E-state index contributed by atoms with van der Waals surface area (Å²) in [5.74, 6) is -0.0503. The zero-order chi connectivity index (χ0) is 11.0. The van der Waals surface area contributed by atoms with Gasteiger partial charge >= 0.3 is 5.97 Å². The Labute approximate surface area is 98.1 Å². The molecule has 1 fully saturated rings. The lowest BCUT2D eigenvalue weighted by Crippen LogP contribution is -2.04. The number of carbonyl (C=O) groups is 1. The first-order chi connectivity index (χ1) is 7.15. The second kappa shape index (κ2) is 4.03. The number of benzene rings is 1. The monoisotopic (exact) mass is 244 g/mol. The average Bonchev–Trinajstić information content (AvgIpc) is 3.01. The molecule has 0 saturated heterocycles. The van der Waals surface area contributed by atoms with Crippen LogP contribution in [0.3, 0.4) is 0 Å². The molecule has 0 bridgehead atoms. The van der Waals surface area contributed by atoms with Gasteiger partial charge in [0.1, 0.15) is 0 Å². The summed E-state index contributed by atoms with van der Waals surface area (Å²) < 4.78 is 4.68. The number of esters is 1. The third-order valence-corrected chi connectivity index (χ3v) is 3.51. The van der Waals surface area contributed by atoms with Crippen molar-refractivity contribution in [3.05, 3.63) is 33.8 Å². The molecular formula is C11H10Cl2O2. The van der Waals surface area contributed by atoms with Crippen molar-refractivity contribution in [3.8, 4) is 0 Å². The number of methoxy groups -OCH3 is 1. The van der Waals surface area contributed by atoms with E-state index in [0.717, 1.165) is 12.0 Å². The van der Waals surface area contributed by atoms with Crippen molar-refractivity contribution in [1.82, 2.24) is 0 Å². The highest BCUT2D eigenvalue weighted by molar-refractivity contribution is 6.42. The molecule has 0 spiro atoms. The Morgan fingerprint density at radius 3 is 2.87 bits per heavy atom. The summed E-state index contributed by atoms with van der Waals surface area (Å²) >= 11 is 12.0. The number of halogens is 2. The lowest BCUT2D eigenvalue weighted by molar-refractivity contribution is -0.142. The molecule has 1 aromatic carbocycles. The van der Waals surface area contributed by atoms with Gasteiger partial charge in [0.2, 0.25) is 0 Å². The van der Waals surface area contributed by atoms with E-state index in [-0.39, 0.29) is 17.8 Å². The predicted molar refractivity (Wildman–Crippen MR) is 59.3 cm³/mol. The molecule has 0 aliphatic heterocycles. The van der Waals surface area contributed by atoms with E-state index in [0.29, 0.717) is 10.0 Å². The van der Waals surface area contributed by atoms with Gasteiger partial charge in [0, 0.05) is 0 Å². The number of rotatable bonds is 2. The molecule has 1 aliphatic carbocycles. The number of carbonyl (C=O) groups excluding carboxylic acids is 1. The van der Waals surface area contributed by atoms with Crippen molar-refractivity contribution < 1.29 is 9.53 Å². The molecular weight excluding hydrogens is 235 g/mol. The van der Waals surface area contributed by atoms with E-state index >= 15 is 0 Å². The minimum atomic E-state index is -0.170. The Balaban J connectivity index is 2.20. The van der Waals surface area contributed by atoms with Gasteiger partial charge in [-0.3, -0.25) is 4.79 Å². The van der Waals surface area contributed by atoms with Crippen LogP contribution < -0.4 is 0 Å². The van der Waals surface area contributed by atoms with Crippen LogP contribution in [-0.2, 0) is 9.53 Å². The third-order valence-electron chi connectivity index (χ3n) is 2.68. The number of hydrogen-bond donors (Lipinski definition) is 0. The second-order valence-corrected chi connectivity index (χ2v) is 4.40. The van der Waals surface area contributed by atoms with Gasteiger partial charge < -0.3 is 4.74 Å². The smallest absolute Gasteiger partial charge is 0.309 e. The highest BCUT2D eigenvalue weighted by atomic mass is 35.5. The minimum absolute atomic E-state index is 0.0500. The van der Waals surface area contributed by atoms with Crippen LogP contribution >= 0.6 is 23.2 Å². The van der Waals surface area contributed by atoms with E-state index in [1.807, 2.05) is 12.1 Å². The maximum atomic E-state index is 11.3. The molecule has 0 N–H and O–H groups in total. The summed E-state index contributed by atoms with van der Waals surface area (Å²) in [6.45, 7) is 0. The molecule has 2 nitrogen and oxygen atoms in total. The standard InChI is InChI=1S/C11H10Cl2O2/c1-15-11(14)8-5-7(8)6-3-2-4-9(12)10(6)13/h2-4,7-8H,5H2,1H3/t7-,8+/m0/s1. The van der Waals surface area contributed by atoms with E-state index in [1.54, 1.807) is 6.07 Å². The molecule has 80 valence electrons. The van der Waals surface area contributed by atoms with Crippen molar-refractivity contribution in [3.63, 3.8) is 0 Å². The van der Waals surface area contributed by atoms with Crippen LogP contribution in [0.5, 0.6) is 0 Å². The summed E-state index contributed by atoms with van der Waals surface area (Å²) in [6.07, 6.45) is 0.798. The van der Waals surface area contributed by atoms with Crippen molar-refractivity contribution in [2.75, 3.05) is 7.11 Å². The van der Waals surface area contributed by atoms with E-state index in [2.05, 4.69) is 4.74 Å². The first-order valence-corrected chi connectivity index (χ1v) is 5.42. The Hall–Kier alpha value is -0.730. The third kappa shape index (κ3) is 1.97. The van der Waals surface area contributed by atoms with Crippen molar-refractivity contribution in [2.24, 2.45) is 5.92 Å². The van der Waals surface area contributed by atoms with Gasteiger partial charge in [0.25, 0.3) is 0 Å². The van der Waals surface area contributed by atoms with E-state index in [4.69, 9.17) is 23.2 Å². The molecule has 15 heavy (non-hydrogen) atoms. The van der Waals surface area contributed by atoms with Crippen LogP contribution in [0.1, 0.15) is 17.9 Å². The largest absolute Gasteiger partial charge is 0.469 e. The summed E-state index contributed by atoms with van der Waals surface area (Å²) in [6, 6.07) is 5.49. The fourth-order valence-electron chi connectivity index (χ4n) is 1.76. The van der Waals surface area contributed by atoms with Crippen molar-refractivity contribution in [2.45, 2.75) is 12.3 Å². The van der Waals surface area contributed by atoms with Gasteiger partial charge in [-0.2, -0.15) is 0 Å². The highest BCUT2D eigenvalue weighted by Crippen LogP contribution is 2.51. The molecule has 0 unspecified atom stereocenters. The molecule has 2 rings (SSSR count). The van der Waals surface area contributed by atoms with Gasteiger partial charge in [-0.1, -0.05) is 35.3 Å². The SMILES string of the molecule is COC(=O)[C@@H]1C[C@H]1c1cccc(Cl)c1Cl. The molecule has 0 amide bonds. The molecule has 0 radical (unpaired) electrons. The maximum Gasteiger partial charge on any atom is 0.309 e. The molecule has 0 heterocycles. The fourth-order valence-corrected chi connectivity index (χ4v) is 2.21. The predicted octanol–water partition coefficient (Wildman–Crippen LogP) is 3.27. The molecule has 1 aliphatic rings.